The van der Waals surface area contributed by atoms with Crippen molar-refractivity contribution < 1.29 is 34.4 Å². The number of likely N-dealkylation sites (tertiary alicyclic amines) is 1. The standard InChI is InChI=1S/C21H25NO6/c1-22(9-11-6-14(11)25)15-7-10-2-3-12(23)18-17(10)20(8-16(22)26)19(28-18)13(24)4-5-21(15,20)27/h2-3,11,14-16,19,25-27H,4-9H2,1H3/p+1/t11?,14?,15-,16?,19-,20-,21+,22+/m0/s1. The van der Waals surface area contributed by atoms with Crippen LogP contribution < -0.4 is 4.74 Å². The highest BCUT2D eigenvalue weighted by Crippen LogP contribution is 2.66. The fraction of sp³-hybridized carbons (Fsp3) is 0.667. The van der Waals surface area contributed by atoms with Crippen LogP contribution in [0.15, 0.2) is 12.1 Å². The summed E-state index contributed by atoms with van der Waals surface area (Å²) < 4.78 is 6.27. The van der Waals surface area contributed by atoms with Gasteiger partial charge < -0.3 is 25.2 Å². The van der Waals surface area contributed by atoms with Gasteiger partial charge in [-0.15, -0.1) is 0 Å². The molecule has 3 fully saturated rings. The lowest BCUT2D eigenvalue weighted by Crippen LogP contribution is -2.83. The van der Waals surface area contributed by atoms with Gasteiger partial charge in [-0.05, 0) is 24.5 Å². The number of piperidine rings is 1. The summed E-state index contributed by atoms with van der Waals surface area (Å²) in [5, 5.41) is 43.8. The van der Waals surface area contributed by atoms with E-state index in [2.05, 4.69) is 0 Å². The number of ether oxygens (including phenoxy) is 1. The number of Topliss-reactive ketones (excluding diaryl/α,β-unsaturated/α-hetero) is 1. The molecule has 8 atom stereocenters. The number of phenols is 1. The number of aliphatic hydroxyl groups excluding tert-OH is 2. The predicted octanol–water partition coefficient (Wildman–Crippen LogP) is -0.0408. The molecule has 7 nitrogen and oxygen atoms in total. The molecule has 0 radical (unpaired) electrons. The molecule has 2 saturated carbocycles. The molecule has 5 aliphatic rings. The van der Waals surface area contributed by atoms with Crippen LogP contribution in [0.25, 0.3) is 0 Å². The maximum Gasteiger partial charge on any atom is 0.191 e. The Morgan fingerprint density at radius 2 is 2.07 bits per heavy atom. The summed E-state index contributed by atoms with van der Waals surface area (Å²) in [4.78, 5) is 12.8. The number of carbonyl (C=O) groups excluding carboxylic acids is 1. The van der Waals surface area contributed by atoms with Crippen LogP contribution in [0.1, 0.15) is 36.8 Å². The Morgan fingerprint density at radius 1 is 1.32 bits per heavy atom. The minimum atomic E-state index is -1.20. The average molecular weight is 388 g/mol. The topological polar surface area (TPSA) is 107 Å². The number of nitrogens with zero attached hydrogens (tertiary/aromatic N) is 1. The molecular weight excluding hydrogens is 362 g/mol. The summed E-state index contributed by atoms with van der Waals surface area (Å²) in [6.45, 7) is 0.602. The van der Waals surface area contributed by atoms with Gasteiger partial charge in [-0.1, -0.05) is 6.07 Å². The summed E-state index contributed by atoms with van der Waals surface area (Å²) in [5.41, 5.74) is -0.521. The van der Waals surface area contributed by atoms with Crippen molar-refractivity contribution in [3.8, 4) is 11.5 Å². The normalized spacial score (nSPS) is 50.1. The van der Waals surface area contributed by atoms with Gasteiger partial charge in [0.15, 0.2) is 29.6 Å². The number of carbonyl (C=O) groups is 1. The second kappa shape index (κ2) is 4.90. The summed E-state index contributed by atoms with van der Waals surface area (Å²) >= 11 is 0. The largest absolute Gasteiger partial charge is 0.504 e. The molecule has 150 valence electrons. The third kappa shape index (κ3) is 1.70. The van der Waals surface area contributed by atoms with E-state index in [4.69, 9.17) is 4.74 Å². The zero-order valence-electron chi connectivity index (χ0n) is 15.8. The van der Waals surface area contributed by atoms with Crippen molar-refractivity contribution in [2.24, 2.45) is 5.92 Å². The molecule has 6 rings (SSSR count). The first-order valence-electron chi connectivity index (χ1n) is 10.2. The van der Waals surface area contributed by atoms with Crippen LogP contribution in [0.5, 0.6) is 11.5 Å². The van der Waals surface area contributed by atoms with E-state index in [0.29, 0.717) is 25.1 Å². The highest BCUT2D eigenvalue weighted by molar-refractivity contribution is 5.90. The number of rotatable bonds is 2. The van der Waals surface area contributed by atoms with Gasteiger partial charge in [-0.2, -0.15) is 0 Å². The summed E-state index contributed by atoms with van der Waals surface area (Å²) in [6.07, 6.45) is 0.0610. The Hall–Kier alpha value is -1.67. The molecule has 3 unspecified atom stereocenters. The number of hydrogen-bond acceptors (Lipinski definition) is 6. The number of ketones is 1. The Morgan fingerprint density at radius 3 is 2.79 bits per heavy atom. The van der Waals surface area contributed by atoms with Gasteiger partial charge in [0, 0.05) is 30.7 Å². The highest BCUT2D eigenvalue weighted by atomic mass is 16.5. The van der Waals surface area contributed by atoms with Gasteiger partial charge in [-0.25, -0.2) is 0 Å². The third-order valence-electron chi connectivity index (χ3n) is 8.55. The second-order valence-electron chi connectivity index (χ2n) is 9.80. The molecule has 1 aromatic rings. The first-order valence-corrected chi connectivity index (χ1v) is 10.2. The summed E-state index contributed by atoms with van der Waals surface area (Å²) in [7, 11) is 1.97. The minimum absolute atomic E-state index is 0.0189. The Kier molecular flexibility index (Phi) is 3.01. The molecule has 28 heavy (non-hydrogen) atoms. The minimum Gasteiger partial charge on any atom is -0.504 e. The van der Waals surface area contributed by atoms with Crippen molar-refractivity contribution in [2.75, 3.05) is 13.6 Å². The van der Waals surface area contributed by atoms with Gasteiger partial charge in [0.1, 0.15) is 11.6 Å². The predicted molar refractivity (Wildman–Crippen MR) is 96.7 cm³/mol. The Bertz CT molecular complexity index is 918. The first-order chi connectivity index (χ1) is 13.2. The van der Waals surface area contributed by atoms with E-state index in [1.54, 1.807) is 6.07 Å². The van der Waals surface area contributed by atoms with E-state index in [1.807, 2.05) is 13.1 Å². The molecular formula is C21H26NO6+. The van der Waals surface area contributed by atoms with Gasteiger partial charge in [-0.3, -0.25) is 9.28 Å². The number of likely N-dealkylation sites (N-methyl/N-ethyl adjacent to an activating group) is 1. The van der Waals surface area contributed by atoms with Crippen LogP contribution in [-0.2, 0) is 16.6 Å². The fourth-order valence-electron chi connectivity index (χ4n) is 7.00. The maximum absolute atomic E-state index is 12.8. The lowest BCUT2D eigenvalue weighted by Gasteiger charge is -2.65. The van der Waals surface area contributed by atoms with E-state index >= 15 is 0 Å². The number of aromatic hydroxyl groups is 1. The monoisotopic (exact) mass is 388 g/mol. The smallest absolute Gasteiger partial charge is 0.191 e. The molecule has 2 aliphatic heterocycles. The van der Waals surface area contributed by atoms with Crippen LogP contribution in [-0.4, -0.2) is 74.4 Å². The maximum atomic E-state index is 12.8. The van der Waals surface area contributed by atoms with Gasteiger partial charge in [0.05, 0.1) is 25.1 Å². The highest BCUT2D eigenvalue weighted by Gasteiger charge is 2.78. The molecule has 4 N–H and O–H groups in total. The van der Waals surface area contributed by atoms with Crippen molar-refractivity contribution in [3.05, 3.63) is 23.3 Å². The van der Waals surface area contributed by atoms with Crippen molar-refractivity contribution in [2.45, 2.75) is 67.6 Å². The van der Waals surface area contributed by atoms with Crippen LogP contribution in [0.2, 0.25) is 0 Å². The molecule has 0 aromatic heterocycles. The number of quaternary nitrogens is 1. The average Bonchev–Trinajstić information content (AvgIpc) is 3.19. The van der Waals surface area contributed by atoms with Crippen LogP contribution in [0, 0.1) is 5.92 Å². The quantitative estimate of drug-likeness (QED) is 0.530. The van der Waals surface area contributed by atoms with Crippen LogP contribution in [0.3, 0.4) is 0 Å². The van der Waals surface area contributed by atoms with Crippen molar-refractivity contribution in [1.82, 2.24) is 0 Å². The molecule has 7 heteroatoms. The third-order valence-corrected chi connectivity index (χ3v) is 8.55. The summed E-state index contributed by atoms with van der Waals surface area (Å²) in [5.74, 6) is 0.341. The van der Waals surface area contributed by atoms with E-state index in [0.717, 1.165) is 17.5 Å². The second-order valence-corrected chi connectivity index (χ2v) is 9.80. The first kappa shape index (κ1) is 17.2. The van der Waals surface area contributed by atoms with E-state index in [1.165, 1.54) is 0 Å². The lowest BCUT2D eigenvalue weighted by atomic mass is 9.48. The molecule has 2 bridgehead atoms. The zero-order chi connectivity index (χ0) is 19.6. The SMILES string of the molecule is C[N@+]1(CC2CC2O)C(O)C[C@]23c4c5ccc(O)c4O[C@H]2C(=O)CC[C@@]3(O)[C@@H]1C5. The Balaban J connectivity index is 1.59. The summed E-state index contributed by atoms with van der Waals surface area (Å²) in [6, 6.07) is 3.16. The van der Waals surface area contributed by atoms with Gasteiger partial charge in [0.25, 0.3) is 0 Å². The van der Waals surface area contributed by atoms with Gasteiger partial charge in [0.2, 0.25) is 0 Å². The molecule has 1 spiro atoms. The molecule has 2 heterocycles. The lowest BCUT2D eigenvalue weighted by molar-refractivity contribution is -0.992. The molecule has 1 aromatic carbocycles. The molecule has 3 aliphatic carbocycles. The Labute approximate surface area is 162 Å². The number of aliphatic hydroxyl groups is 3. The van der Waals surface area contributed by atoms with Crippen molar-refractivity contribution >= 4 is 5.78 Å². The zero-order valence-corrected chi connectivity index (χ0v) is 15.8. The number of benzene rings is 1. The van der Waals surface area contributed by atoms with E-state index in [-0.39, 0.29) is 46.9 Å². The van der Waals surface area contributed by atoms with E-state index < -0.39 is 23.3 Å². The van der Waals surface area contributed by atoms with Crippen molar-refractivity contribution in [3.63, 3.8) is 0 Å². The molecule has 1 saturated heterocycles. The molecule has 0 amide bonds. The number of phenolic OH excluding ortho intramolecular Hbond substituents is 1. The fourth-order valence-corrected chi connectivity index (χ4v) is 7.00. The van der Waals surface area contributed by atoms with Crippen LogP contribution in [0.4, 0.5) is 0 Å². The van der Waals surface area contributed by atoms with Crippen molar-refractivity contribution in [1.29, 1.82) is 0 Å². The van der Waals surface area contributed by atoms with Crippen LogP contribution >= 0.6 is 0 Å². The van der Waals surface area contributed by atoms with Gasteiger partial charge >= 0.3 is 0 Å². The number of hydrogen-bond donors (Lipinski definition) is 4. The van der Waals surface area contributed by atoms with E-state index in [9.17, 15) is 25.2 Å².